The molecule has 2 aromatic carbocycles. The number of aryl methyl sites for hydroxylation is 1. The third-order valence-corrected chi connectivity index (χ3v) is 6.55. The van der Waals surface area contributed by atoms with Gasteiger partial charge in [-0.1, -0.05) is 19.1 Å². The van der Waals surface area contributed by atoms with Crippen LogP contribution in [0.4, 0.5) is 4.39 Å². The minimum absolute atomic E-state index is 0.207. The van der Waals surface area contributed by atoms with E-state index in [0.29, 0.717) is 18.2 Å². The normalized spacial score (nSPS) is 16.8. The quantitative estimate of drug-likeness (QED) is 0.549. The van der Waals surface area contributed by atoms with Crippen LogP contribution in [0.2, 0.25) is 0 Å². The maximum absolute atomic E-state index is 13.0. The van der Waals surface area contributed by atoms with Crippen molar-refractivity contribution in [1.29, 1.82) is 5.26 Å². The zero-order chi connectivity index (χ0) is 23.6. The van der Waals surface area contributed by atoms with Gasteiger partial charge in [-0.05, 0) is 80.1 Å². The average molecular weight is 454 g/mol. The van der Waals surface area contributed by atoms with Crippen molar-refractivity contribution >= 4 is 0 Å². The first-order chi connectivity index (χ1) is 16.0. The van der Waals surface area contributed by atoms with E-state index in [1.165, 1.54) is 17.7 Å². The zero-order valence-corrected chi connectivity index (χ0v) is 19.8. The molecule has 178 valence electrons. The molecule has 1 N–H and O–H groups in total. The summed E-state index contributed by atoms with van der Waals surface area (Å²) >= 11 is 0. The maximum atomic E-state index is 13.0. The number of benzene rings is 2. The van der Waals surface area contributed by atoms with Crippen LogP contribution in [0.5, 0.6) is 5.75 Å². The van der Waals surface area contributed by atoms with Gasteiger partial charge in [-0.2, -0.15) is 5.26 Å². The lowest BCUT2D eigenvalue weighted by atomic mass is 9.90. The highest BCUT2D eigenvalue weighted by molar-refractivity contribution is 5.40. The lowest BCUT2D eigenvalue weighted by molar-refractivity contribution is 0.0457. The van der Waals surface area contributed by atoms with Crippen LogP contribution in [0.3, 0.4) is 0 Å². The summed E-state index contributed by atoms with van der Waals surface area (Å²) in [6, 6.07) is 14.4. The number of aliphatic hydroxyl groups excluding tert-OH is 1. The monoisotopic (exact) mass is 453 g/mol. The molecule has 1 heterocycles. The van der Waals surface area contributed by atoms with Crippen molar-refractivity contribution in [3.05, 3.63) is 65.0 Å². The molecule has 1 aliphatic rings. The molecule has 33 heavy (non-hydrogen) atoms. The van der Waals surface area contributed by atoms with Crippen LogP contribution in [-0.2, 0) is 0 Å². The number of rotatable bonds is 11. The molecule has 0 aliphatic carbocycles. The number of hydrogen-bond donors (Lipinski definition) is 1. The Bertz CT molecular complexity index is 905. The highest BCUT2D eigenvalue weighted by Crippen LogP contribution is 2.26. The molecule has 5 nitrogen and oxygen atoms in total. The molecule has 0 aromatic heterocycles. The minimum Gasteiger partial charge on any atom is -0.491 e. The molecule has 1 saturated heterocycles. The van der Waals surface area contributed by atoms with Gasteiger partial charge in [0.25, 0.3) is 0 Å². The highest BCUT2D eigenvalue weighted by Gasteiger charge is 2.20. The van der Waals surface area contributed by atoms with E-state index in [0.717, 1.165) is 63.1 Å². The molecule has 1 fully saturated rings. The van der Waals surface area contributed by atoms with Crippen LogP contribution in [0.1, 0.15) is 48.8 Å². The number of hydrogen-bond acceptors (Lipinski definition) is 5. The van der Waals surface area contributed by atoms with Crippen molar-refractivity contribution in [1.82, 2.24) is 9.80 Å². The Hall–Kier alpha value is -2.46. The van der Waals surface area contributed by atoms with E-state index in [4.69, 9.17) is 10.00 Å². The van der Waals surface area contributed by atoms with Gasteiger partial charge in [0.2, 0.25) is 0 Å². The van der Waals surface area contributed by atoms with E-state index < -0.39 is 6.10 Å². The lowest BCUT2D eigenvalue weighted by Crippen LogP contribution is -2.49. The van der Waals surface area contributed by atoms with Gasteiger partial charge in [-0.15, -0.1) is 0 Å². The summed E-state index contributed by atoms with van der Waals surface area (Å²) in [5.41, 5.74) is 3.17. The minimum atomic E-state index is -0.567. The summed E-state index contributed by atoms with van der Waals surface area (Å²) in [6.45, 7) is 10.1. The number of nitriles is 1. The Balaban J connectivity index is 1.34. The van der Waals surface area contributed by atoms with Crippen LogP contribution in [-0.4, -0.2) is 66.9 Å². The Morgan fingerprint density at radius 2 is 1.79 bits per heavy atom. The molecular weight excluding hydrogens is 417 g/mol. The molecule has 2 aromatic rings. The first-order valence-corrected chi connectivity index (χ1v) is 12.0. The predicted octanol–water partition coefficient (Wildman–Crippen LogP) is 4.34. The van der Waals surface area contributed by atoms with Gasteiger partial charge in [-0.3, -0.25) is 4.90 Å². The third kappa shape index (κ3) is 7.82. The molecule has 2 atom stereocenters. The van der Waals surface area contributed by atoms with Crippen molar-refractivity contribution in [3.63, 3.8) is 0 Å². The number of piperazine rings is 1. The standard InChI is InChI=1S/C27H36FN3O2/c1-3-22(23-6-7-24(18-29)21(2)17-23)5-4-12-30-13-15-31(16-14-30)19-26(32)20-33-27-10-8-25(28)9-11-27/h6-11,17,22,26,32H,3-5,12-16,19-20H2,1-2H3. The van der Waals surface area contributed by atoms with E-state index >= 15 is 0 Å². The van der Waals surface area contributed by atoms with Crippen molar-refractivity contribution in [2.24, 2.45) is 0 Å². The molecule has 1 aliphatic heterocycles. The summed E-state index contributed by atoms with van der Waals surface area (Å²) in [7, 11) is 0. The third-order valence-electron chi connectivity index (χ3n) is 6.55. The van der Waals surface area contributed by atoms with Gasteiger partial charge in [0.05, 0.1) is 11.6 Å². The molecule has 2 unspecified atom stereocenters. The Kier molecular flexibility index (Phi) is 9.68. The molecule has 0 amide bonds. The Morgan fingerprint density at radius 3 is 2.42 bits per heavy atom. The summed E-state index contributed by atoms with van der Waals surface area (Å²) in [5.74, 6) is 0.811. The number of ether oxygens (including phenoxy) is 1. The van der Waals surface area contributed by atoms with Gasteiger partial charge in [-0.25, -0.2) is 4.39 Å². The van der Waals surface area contributed by atoms with Crippen LogP contribution in [0.15, 0.2) is 42.5 Å². The number of halogens is 1. The van der Waals surface area contributed by atoms with Crippen LogP contribution >= 0.6 is 0 Å². The van der Waals surface area contributed by atoms with E-state index in [-0.39, 0.29) is 12.4 Å². The SMILES string of the molecule is CCC(CCCN1CCN(CC(O)COc2ccc(F)cc2)CC1)c1ccc(C#N)c(C)c1. The first-order valence-electron chi connectivity index (χ1n) is 12.0. The van der Waals surface area contributed by atoms with Crippen molar-refractivity contribution in [3.8, 4) is 11.8 Å². The van der Waals surface area contributed by atoms with E-state index in [1.807, 2.05) is 13.0 Å². The fourth-order valence-corrected chi connectivity index (χ4v) is 4.50. The average Bonchev–Trinajstić information content (AvgIpc) is 2.82. The molecule has 0 bridgehead atoms. The number of nitrogens with zero attached hydrogens (tertiary/aromatic N) is 3. The maximum Gasteiger partial charge on any atom is 0.123 e. The van der Waals surface area contributed by atoms with Crippen molar-refractivity contribution < 1.29 is 14.2 Å². The molecule has 0 spiro atoms. The lowest BCUT2D eigenvalue weighted by Gasteiger charge is -2.35. The summed E-state index contributed by atoms with van der Waals surface area (Å²) in [5, 5.41) is 19.5. The molecule has 0 radical (unpaired) electrons. The molecule has 0 saturated carbocycles. The molecule has 6 heteroatoms. The van der Waals surface area contributed by atoms with Gasteiger partial charge in [0.1, 0.15) is 24.3 Å². The molecular formula is C27H36FN3O2. The fourth-order valence-electron chi connectivity index (χ4n) is 4.50. The van der Waals surface area contributed by atoms with E-state index in [1.54, 1.807) is 12.1 Å². The van der Waals surface area contributed by atoms with Gasteiger partial charge in [0, 0.05) is 32.7 Å². The zero-order valence-electron chi connectivity index (χ0n) is 19.8. The summed E-state index contributed by atoms with van der Waals surface area (Å²) < 4.78 is 18.5. The Morgan fingerprint density at radius 1 is 1.09 bits per heavy atom. The number of β-amino-alcohol motifs (C(OH)–C–C–N with tert-alkyl or cyclic N) is 1. The fraction of sp³-hybridized carbons (Fsp3) is 0.519. The van der Waals surface area contributed by atoms with Gasteiger partial charge in [0.15, 0.2) is 0 Å². The van der Waals surface area contributed by atoms with Crippen LogP contribution < -0.4 is 4.74 Å². The smallest absolute Gasteiger partial charge is 0.123 e. The predicted molar refractivity (Wildman–Crippen MR) is 129 cm³/mol. The van der Waals surface area contributed by atoms with Crippen LogP contribution in [0.25, 0.3) is 0 Å². The Labute approximate surface area is 197 Å². The van der Waals surface area contributed by atoms with Crippen molar-refractivity contribution in [2.75, 3.05) is 45.9 Å². The van der Waals surface area contributed by atoms with E-state index in [9.17, 15) is 9.50 Å². The highest BCUT2D eigenvalue weighted by atomic mass is 19.1. The summed E-state index contributed by atoms with van der Waals surface area (Å²) in [4.78, 5) is 4.79. The largest absolute Gasteiger partial charge is 0.491 e. The van der Waals surface area contributed by atoms with Gasteiger partial charge >= 0.3 is 0 Å². The van der Waals surface area contributed by atoms with Crippen LogP contribution in [0, 0.1) is 24.1 Å². The molecule has 3 rings (SSSR count). The van der Waals surface area contributed by atoms with Gasteiger partial charge < -0.3 is 14.7 Å². The van der Waals surface area contributed by atoms with E-state index in [2.05, 4.69) is 34.9 Å². The first kappa shape index (κ1) is 25.2. The second-order valence-electron chi connectivity index (χ2n) is 8.99. The second kappa shape index (κ2) is 12.7. The topological polar surface area (TPSA) is 59.7 Å². The van der Waals surface area contributed by atoms with Crippen molar-refractivity contribution in [2.45, 2.75) is 45.1 Å². The summed E-state index contributed by atoms with van der Waals surface area (Å²) in [6.07, 6.45) is 2.85. The number of aliphatic hydroxyl groups is 1. The second-order valence-corrected chi connectivity index (χ2v) is 8.99.